The Morgan fingerprint density at radius 3 is 2.21 bits per heavy atom. The van der Waals surface area contributed by atoms with Crippen LogP contribution in [0.5, 0.6) is 0 Å². The van der Waals surface area contributed by atoms with Crippen molar-refractivity contribution in [3.63, 3.8) is 0 Å². The number of carbonyl (C=O) groups excluding carboxylic acids is 3. The molecule has 1 N–H and O–H groups in total. The van der Waals surface area contributed by atoms with Crippen LogP contribution in [0, 0.1) is 0 Å². The Morgan fingerprint density at radius 1 is 0.794 bits per heavy atom. The number of amides is 2. The molecule has 0 spiro atoms. The maximum absolute atomic E-state index is 13.3. The average Bonchev–Trinajstić information content (AvgIpc) is 2.89. The van der Waals surface area contributed by atoms with Gasteiger partial charge in [-0.2, -0.15) is 0 Å². The van der Waals surface area contributed by atoms with Gasteiger partial charge in [0.1, 0.15) is 0 Å². The normalized spacial score (nSPS) is 10.5. The predicted molar refractivity (Wildman–Crippen MR) is 133 cm³/mol. The highest BCUT2D eigenvalue weighted by atomic mass is 16.5. The minimum Gasteiger partial charge on any atom is -0.465 e. The van der Waals surface area contributed by atoms with Gasteiger partial charge in [0.25, 0.3) is 11.8 Å². The van der Waals surface area contributed by atoms with E-state index in [0.717, 1.165) is 16.5 Å². The molecule has 0 aromatic heterocycles. The van der Waals surface area contributed by atoms with Crippen LogP contribution in [0.2, 0.25) is 0 Å². The molecule has 6 heteroatoms. The van der Waals surface area contributed by atoms with Crippen molar-refractivity contribution < 1.29 is 19.1 Å². The van der Waals surface area contributed by atoms with E-state index in [9.17, 15) is 14.4 Å². The highest BCUT2D eigenvalue weighted by molar-refractivity contribution is 6.11. The van der Waals surface area contributed by atoms with Gasteiger partial charge in [0.2, 0.25) is 0 Å². The zero-order valence-corrected chi connectivity index (χ0v) is 18.9. The van der Waals surface area contributed by atoms with Crippen LogP contribution in [-0.2, 0) is 4.74 Å². The summed E-state index contributed by atoms with van der Waals surface area (Å²) in [7, 11) is 1.29. The highest BCUT2D eigenvalue weighted by Crippen LogP contribution is 2.28. The third kappa shape index (κ3) is 4.66. The Kier molecular flexibility index (Phi) is 6.69. The molecule has 6 nitrogen and oxygen atoms in total. The largest absolute Gasteiger partial charge is 0.465 e. The van der Waals surface area contributed by atoms with Crippen molar-refractivity contribution in [2.75, 3.05) is 23.9 Å². The van der Waals surface area contributed by atoms with Gasteiger partial charge in [-0.25, -0.2) is 4.79 Å². The van der Waals surface area contributed by atoms with Gasteiger partial charge >= 0.3 is 5.97 Å². The van der Waals surface area contributed by atoms with Gasteiger partial charge in [-0.3, -0.25) is 9.59 Å². The Labute approximate surface area is 197 Å². The molecule has 170 valence electrons. The molecule has 2 amide bonds. The third-order valence-electron chi connectivity index (χ3n) is 5.55. The van der Waals surface area contributed by atoms with Gasteiger partial charge in [0.05, 0.1) is 18.4 Å². The maximum Gasteiger partial charge on any atom is 0.337 e. The maximum atomic E-state index is 13.3. The first-order valence-electron chi connectivity index (χ1n) is 10.9. The first kappa shape index (κ1) is 22.7. The Bertz CT molecular complexity index is 1360. The number of methoxy groups -OCH3 is 1. The number of benzene rings is 4. The third-order valence-corrected chi connectivity index (χ3v) is 5.55. The van der Waals surface area contributed by atoms with Gasteiger partial charge in [-0.05, 0) is 60.8 Å². The topological polar surface area (TPSA) is 75.7 Å². The minimum atomic E-state index is -0.510. The number of nitrogens with one attached hydrogen (secondary N) is 1. The lowest BCUT2D eigenvalue weighted by atomic mass is 10.1. The average molecular weight is 453 g/mol. The lowest BCUT2D eigenvalue weighted by Crippen LogP contribution is -2.30. The molecule has 0 saturated heterocycles. The Hall–Kier alpha value is -4.45. The van der Waals surface area contributed by atoms with Crippen LogP contribution in [0.15, 0.2) is 91.0 Å². The summed E-state index contributed by atoms with van der Waals surface area (Å²) in [4.78, 5) is 39.4. The number of nitrogens with zero attached hydrogens (tertiary/aromatic N) is 1. The van der Waals surface area contributed by atoms with Crippen LogP contribution in [0.25, 0.3) is 10.8 Å². The van der Waals surface area contributed by atoms with E-state index in [1.165, 1.54) is 13.2 Å². The molecule has 34 heavy (non-hydrogen) atoms. The van der Waals surface area contributed by atoms with Gasteiger partial charge in [0, 0.05) is 28.7 Å². The summed E-state index contributed by atoms with van der Waals surface area (Å²) < 4.78 is 4.70. The minimum absolute atomic E-state index is 0.123. The second-order valence-electron chi connectivity index (χ2n) is 7.65. The van der Waals surface area contributed by atoms with Crippen LogP contribution >= 0.6 is 0 Å². The van der Waals surface area contributed by atoms with Crippen molar-refractivity contribution in [1.29, 1.82) is 0 Å². The molecule has 4 aromatic rings. The first-order valence-corrected chi connectivity index (χ1v) is 10.9. The summed E-state index contributed by atoms with van der Waals surface area (Å²) in [6.45, 7) is 2.46. The van der Waals surface area contributed by atoms with Crippen molar-refractivity contribution in [3.05, 3.63) is 108 Å². The number of anilines is 2. The number of carbonyl (C=O) groups is 3. The van der Waals surface area contributed by atoms with Crippen LogP contribution in [0.1, 0.15) is 38.0 Å². The second-order valence-corrected chi connectivity index (χ2v) is 7.65. The number of rotatable bonds is 6. The van der Waals surface area contributed by atoms with Gasteiger partial charge in [0.15, 0.2) is 0 Å². The molecule has 0 fully saturated rings. The van der Waals surface area contributed by atoms with Crippen LogP contribution in [0.3, 0.4) is 0 Å². The van der Waals surface area contributed by atoms with Gasteiger partial charge in [-0.1, -0.05) is 42.5 Å². The van der Waals surface area contributed by atoms with Gasteiger partial charge < -0.3 is 15.0 Å². The smallest absolute Gasteiger partial charge is 0.337 e. The number of ether oxygens (including phenoxy) is 1. The summed E-state index contributed by atoms with van der Waals surface area (Å²) >= 11 is 0. The molecule has 0 bridgehead atoms. The summed E-state index contributed by atoms with van der Waals surface area (Å²) in [5.74, 6) is -0.998. The van der Waals surface area contributed by atoms with Crippen molar-refractivity contribution >= 4 is 39.9 Å². The van der Waals surface area contributed by atoms with Crippen molar-refractivity contribution in [1.82, 2.24) is 0 Å². The first-order chi connectivity index (χ1) is 16.5. The van der Waals surface area contributed by atoms with Crippen LogP contribution < -0.4 is 10.2 Å². The fourth-order valence-corrected chi connectivity index (χ4v) is 3.83. The van der Waals surface area contributed by atoms with Crippen molar-refractivity contribution in [2.45, 2.75) is 6.92 Å². The zero-order valence-electron chi connectivity index (χ0n) is 18.9. The fourth-order valence-electron chi connectivity index (χ4n) is 3.83. The highest BCUT2D eigenvalue weighted by Gasteiger charge is 2.18. The standard InChI is InChI=1S/C28H24N2O4/c1-3-30(25-13-7-9-19-8-4-5-12-24(19)25)27(32)20-14-16-23(17-15-20)29-26(31)21-10-6-11-22(18-21)28(33)34-2/h4-18H,3H2,1-2H3,(H,29,31). The lowest BCUT2D eigenvalue weighted by Gasteiger charge is -2.23. The molecule has 0 aliphatic carbocycles. The van der Waals surface area contributed by atoms with E-state index in [-0.39, 0.29) is 11.8 Å². The molecule has 0 unspecified atom stereocenters. The van der Waals surface area contributed by atoms with Crippen LogP contribution in [0.4, 0.5) is 11.4 Å². The summed E-state index contributed by atoms with van der Waals surface area (Å²) in [6.07, 6.45) is 0. The van der Waals surface area contributed by atoms with Crippen molar-refractivity contribution in [3.8, 4) is 0 Å². The number of fused-ring (bicyclic) bond motifs is 1. The second kappa shape index (κ2) is 10.0. The van der Waals surface area contributed by atoms with Crippen molar-refractivity contribution in [2.24, 2.45) is 0 Å². The zero-order chi connectivity index (χ0) is 24.1. The molecule has 4 rings (SSSR count). The molecular formula is C28H24N2O4. The van der Waals surface area contributed by atoms with Gasteiger partial charge in [-0.15, -0.1) is 0 Å². The Balaban J connectivity index is 1.52. The van der Waals surface area contributed by atoms with Crippen LogP contribution in [-0.4, -0.2) is 31.4 Å². The molecular weight excluding hydrogens is 428 g/mol. The molecule has 0 atom stereocenters. The summed E-state index contributed by atoms with van der Waals surface area (Å²) in [5.41, 5.74) is 2.53. The molecule has 0 saturated carbocycles. The van der Waals surface area contributed by atoms with E-state index < -0.39 is 5.97 Å². The van der Waals surface area contributed by atoms with E-state index in [1.54, 1.807) is 47.4 Å². The quantitative estimate of drug-likeness (QED) is 0.390. The number of hydrogen-bond acceptors (Lipinski definition) is 4. The number of hydrogen-bond donors (Lipinski definition) is 1. The number of esters is 1. The molecule has 0 radical (unpaired) electrons. The van der Waals surface area contributed by atoms with E-state index in [1.807, 2.05) is 49.4 Å². The summed E-state index contributed by atoms with van der Waals surface area (Å²) in [5, 5.41) is 4.87. The Morgan fingerprint density at radius 2 is 1.47 bits per heavy atom. The predicted octanol–water partition coefficient (Wildman–Crippen LogP) is 5.55. The fraction of sp³-hybridized carbons (Fsp3) is 0.107. The lowest BCUT2D eigenvalue weighted by molar-refractivity contribution is 0.0600. The van der Waals surface area contributed by atoms with E-state index >= 15 is 0 Å². The monoisotopic (exact) mass is 452 g/mol. The SMILES string of the molecule is CCN(C(=O)c1ccc(NC(=O)c2cccc(C(=O)OC)c2)cc1)c1cccc2ccccc12. The van der Waals surface area contributed by atoms with E-state index in [4.69, 9.17) is 4.74 Å². The van der Waals surface area contributed by atoms with E-state index in [2.05, 4.69) is 5.32 Å². The van der Waals surface area contributed by atoms with E-state index in [0.29, 0.717) is 28.9 Å². The molecule has 0 aliphatic heterocycles. The molecule has 0 heterocycles. The molecule has 4 aromatic carbocycles. The molecule has 0 aliphatic rings. The summed E-state index contributed by atoms with van der Waals surface area (Å²) in [6, 6.07) is 26.9.